The van der Waals surface area contributed by atoms with Crippen LogP contribution in [0.5, 0.6) is 0 Å². The molecule has 1 atom stereocenters. The van der Waals surface area contributed by atoms with Crippen molar-refractivity contribution in [1.82, 2.24) is 4.90 Å². The Bertz CT molecular complexity index is 755. The topological polar surface area (TPSA) is 12.5 Å². The molecule has 106 valence electrons. The number of fused-ring (bicyclic) bond motifs is 3. The van der Waals surface area contributed by atoms with Gasteiger partial charge in [0.1, 0.15) is 4.99 Å². The van der Waals surface area contributed by atoms with E-state index >= 15 is 0 Å². The van der Waals surface area contributed by atoms with E-state index in [0.29, 0.717) is 6.61 Å². The molecule has 1 fully saturated rings. The van der Waals surface area contributed by atoms with Gasteiger partial charge >= 0.3 is 0 Å². The van der Waals surface area contributed by atoms with Gasteiger partial charge in [-0.1, -0.05) is 54.7 Å². The Hall–Kier alpha value is -1.71. The minimum absolute atomic E-state index is 0.524. The lowest BCUT2D eigenvalue weighted by atomic mass is 9.89. The van der Waals surface area contributed by atoms with Crippen LogP contribution in [-0.2, 0) is 10.5 Å². The summed E-state index contributed by atoms with van der Waals surface area (Å²) in [5, 5.41) is 0. The van der Waals surface area contributed by atoms with Gasteiger partial charge in [0.2, 0.25) is 0 Å². The Morgan fingerprint density at radius 1 is 1.05 bits per heavy atom. The number of benzene rings is 2. The zero-order valence-electron chi connectivity index (χ0n) is 12.2. The molecule has 0 aromatic heterocycles. The van der Waals surface area contributed by atoms with Crippen molar-refractivity contribution in [1.29, 1.82) is 0 Å². The molecule has 1 saturated heterocycles. The first-order valence-electron chi connectivity index (χ1n) is 7.28. The van der Waals surface area contributed by atoms with Crippen molar-refractivity contribution in [3.05, 3.63) is 70.3 Å². The van der Waals surface area contributed by atoms with Crippen molar-refractivity contribution in [2.45, 2.75) is 19.6 Å². The van der Waals surface area contributed by atoms with Gasteiger partial charge in [-0.2, -0.15) is 0 Å². The third-order valence-electron chi connectivity index (χ3n) is 4.74. The third kappa shape index (κ3) is 1.53. The largest absolute Gasteiger partial charge is 0.345 e. The van der Waals surface area contributed by atoms with Crippen molar-refractivity contribution in [2.75, 3.05) is 13.2 Å². The van der Waals surface area contributed by atoms with Gasteiger partial charge < -0.3 is 9.64 Å². The minimum atomic E-state index is -0.524. The summed E-state index contributed by atoms with van der Waals surface area (Å²) in [6.45, 7) is 5.87. The molecule has 2 aliphatic rings. The standard InChI is InChI=1S/C18H17NOS/c1-12-6-5-9-15(13(12)2)18-16-8-4-3-7-14(16)17(21)19(18)10-11-20-18/h3-9H,10-11H2,1-2H3. The van der Waals surface area contributed by atoms with Gasteiger partial charge in [0, 0.05) is 23.2 Å². The van der Waals surface area contributed by atoms with Gasteiger partial charge in [0.05, 0.1) is 6.61 Å². The van der Waals surface area contributed by atoms with Crippen LogP contribution in [0.2, 0.25) is 0 Å². The number of aryl methyl sites for hydroxylation is 1. The van der Waals surface area contributed by atoms with Crippen LogP contribution in [-0.4, -0.2) is 23.0 Å². The summed E-state index contributed by atoms with van der Waals surface area (Å²) < 4.78 is 6.32. The first-order valence-corrected chi connectivity index (χ1v) is 7.69. The first-order chi connectivity index (χ1) is 10.2. The number of rotatable bonds is 1. The lowest BCUT2D eigenvalue weighted by Gasteiger charge is -2.34. The lowest BCUT2D eigenvalue weighted by molar-refractivity contribution is -0.0161. The Labute approximate surface area is 130 Å². The summed E-state index contributed by atoms with van der Waals surface area (Å²) in [5.41, 5.74) is 5.57. The molecule has 2 aliphatic heterocycles. The first kappa shape index (κ1) is 13.0. The van der Waals surface area contributed by atoms with Crippen molar-refractivity contribution in [3.63, 3.8) is 0 Å². The number of hydrogen-bond acceptors (Lipinski definition) is 2. The van der Waals surface area contributed by atoms with Crippen molar-refractivity contribution in [2.24, 2.45) is 0 Å². The fourth-order valence-electron chi connectivity index (χ4n) is 3.58. The predicted octanol–water partition coefficient (Wildman–Crippen LogP) is 3.53. The van der Waals surface area contributed by atoms with Crippen LogP contribution in [0.15, 0.2) is 42.5 Å². The molecule has 2 aromatic carbocycles. The van der Waals surface area contributed by atoms with E-state index in [4.69, 9.17) is 17.0 Å². The van der Waals surface area contributed by atoms with Gasteiger partial charge in [0.25, 0.3) is 0 Å². The third-order valence-corrected chi connectivity index (χ3v) is 5.18. The Balaban J connectivity index is 2.05. The Morgan fingerprint density at radius 3 is 2.67 bits per heavy atom. The molecule has 0 aliphatic carbocycles. The van der Waals surface area contributed by atoms with Crippen LogP contribution in [0.1, 0.15) is 27.8 Å². The highest BCUT2D eigenvalue weighted by Crippen LogP contribution is 2.49. The normalized spacial score (nSPS) is 23.3. The fourth-order valence-corrected chi connectivity index (χ4v) is 3.98. The second-order valence-electron chi connectivity index (χ2n) is 5.74. The molecular weight excluding hydrogens is 278 g/mol. The van der Waals surface area contributed by atoms with Gasteiger partial charge in [0.15, 0.2) is 5.72 Å². The number of hydrogen-bond donors (Lipinski definition) is 0. The highest BCUT2D eigenvalue weighted by molar-refractivity contribution is 7.80. The van der Waals surface area contributed by atoms with Crippen molar-refractivity contribution < 1.29 is 4.74 Å². The van der Waals surface area contributed by atoms with E-state index in [9.17, 15) is 0 Å². The van der Waals surface area contributed by atoms with Gasteiger partial charge in [-0.3, -0.25) is 0 Å². The molecule has 2 heterocycles. The summed E-state index contributed by atoms with van der Waals surface area (Å²) in [5.74, 6) is 0. The van der Waals surface area contributed by atoms with Crippen LogP contribution < -0.4 is 0 Å². The molecule has 0 radical (unpaired) electrons. The highest BCUT2D eigenvalue weighted by atomic mass is 32.1. The van der Waals surface area contributed by atoms with E-state index in [1.165, 1.54) is 22.3 Å². The molecule has 0 saturated carbocycles. The van der Waals surface area contributed by atoms with E-state index in [1.807, 2.05) is 6.07 Å². The molecule has 0 bridgehead atoms. The maximum atomic E-state index is 6.32. The Morgan fingerprint density at radius 2 is 1.81 bits per heavy atom. The predicted molar refractivity (Wildman–Crippen MR) is 87.5 cm³/mol. The maximum absolute atomic E-state index is 6.32. The van der Waals surface area contributed by atoms with E-state index in [2.05, 4.69) is 55.1 Å². The molecule has 2 nitrogen and oxygen atoms in total. The molecule has 1 unspecified atom stereocenters. The quantitative estimate of drug-likeness (QED) is 0.747. The van der Waals surface area contributed by atoms with E-state index in [0.717, 1.165) is 17.1 Å². The van der Waals surface area contributed by atoms with Crippen molar-refractivity contribution >= 4 is 17.2 Å². The molecule has 21 heavy (non-hydrogen) atoms. The average molecular weight is 295 g/mol. The second-order valence-corrected chi connectivity index (χ2v) is 6.13. The number of thiocarbonyl (C=S) groups is 1. The fraction of sp³-hybridized carbons (Fsp3) is 0.278. The molecule has 0 amide bonds. The molecule has 3 heteroatoms. The van der Waals surface area contributed by atoms with E-state index < -0.39 is 5.72 Å². The summed E-state index contributed by atoms with van der Waals surface area (Å²) in [6, 6.07) is 14.8. The summed E-state index contributed by atoms with van der Waals surface area (Å²) in [6.07, 6.45) is 0. The van der Waals surface area contributed by atoms with Crippen LogP contribution in [0.3, 0.4) is 0 Å². The zero-order chi connectivity index (χ0) is 14.6. The summed E-state index contributed by atoms with van der Waals surface area (Å²) >= 11 is 5.71. The highest BCUT2D eigenvalue weighted by Gasteiger charge is 2.53. The average Bonchev–Trinajstić information content (AvgIpc) is 3.03. The number of ether oxygens (including phenoxy) is 1. The van der Waals surface area contributed by atoms with Crippen LogP contribution in [0.4, 0.5) is 0 Å². The zero-order valence-corrected chi connectivity index (χ0v) is 13.0. The molecule has 2 aromatic rings. The van der Waals surface area contributed by atoms with Crippen LogP contribution in [0, 0.1) is 13.8 Å². The van der Waals surface area contributed by atoms with Crippen LogP contribution in [0.25, 0.3) is 0 Å². The smallest absolute Gasteiger partial charge is 0.195 e. The maximum Gasteiger partial charge on any atom is 0.195 e. The van der Waals surface area contributed by atoms with Crippen molar-refractivity contribution in [3.8, 4) is 0 Å². The Kier molecular flexibility index (Phi) is 2.72. The van der Waals surface area contributed by atoms with Gasteiger partial charge in [-0.15, -0.1) is 0 Å². The van der Waals surface area contributed by atoms with Gasteiger partial charge in [-0.05, 0) is 25.0 Å². The van der Waals surface area contributed by atoms with E-state index in [-0.39, 0.29) is 0 Å². The minimum Gasteiger partial charge on any atom is -0.345 e. The number of nitrogens with zero attached hydrogens (tertiary/aromatic N) is 1. The monoisotopic (exact) mass is 295 g/mol. The molecular formula is C18H17NOS. The molecule has 4 rings (SSSR count). The summed E-state index contributed by atoms with van der Waals surface area (Å²) in [7, 11) is 0. The SMILES string of the molecule is Cc1cccc(C23OCCN2C(=S)c2ccccc23)c1C. The van der Waals surface area contributed by atoms with E-state index in [1.54, 1.807) is 0 Å². The lowest BCUT2D eigenvalue weighted by Crippen LogP contribution is -2.40. The van der Waals surface area contributed by atoms with Crippen LogP contribution >= 0.6 is 12.2 Å². The molecule has 0 N–H and O–H groups in total. The van der Waals surface area contributed by atoms with Gasteiger partial charge in [-0.25, -0.2) is 0 Å². The summed E-state index contributed by atoms with van der Waals surface area (Å²) in [4.78, 5) is 3.15. The molecule has 0 spiro atoms. The second kappa shape index (κ2) is 4.39.